The van der Waals surface area contributed by atoms with E-state index in [1.54, 1.807) is 13.2 Å². The number of ether oxygens (including phenoxy) is 3. The van der Waals surface area contributed by atoms with Crippen molar-refractivity contribution in [3.05, 3.63) is 84.4 Å². The summed E-state index contributed by atoms with van der Waals surface area (Å²) in [5, 5.41) is 1.63. The van der Waals surface area contributed by atoms with E-state index in [0.29, 0.717) is 29.4 Å². The number of likely N-dealkylation sites (tertiary alicyclic amines) is 1. The minimum atomic E-state index is -0.522. The molecule has 0 saturated carbocycles. The monoisotopic (exact) mass is 489 g/mol. The number of hydrogen-bond acceptors (Lipinski definition) is 4. The van der Waals surface area contributed by atoms with Gasteiger partial charge in [-0.25, -0.2) is 8.78 Å². The Kier molecular flexibility index (Phi) is 7.33. The predicted octanol–water partition coefficient (Wildman–Crippen LogP) is 7.45. The quantitative estimate of drug-likeness (QED) is 0.257. The van der Waals surface area contributed by atoms with E-state index in [-0.39, 0.29) is 5.56 Å². The van der Waals surface area contributed by atoms with E-state index in [1.807, 2.05) is 48.5 Å². The smallest absolute Gasteiger partial charge is 0.143 e. The molecule has 1 heterocycles. The third-order valence-corrected chi connectivity index (χ3v) is 6.56. The Morgan fingerprint density at radius 1 is 0.750 bits per heavy atom. The van der Waals surface area contributed by atoms with Crippen molar-refractivity contribution in [1.82, 2.24) is 4.90 Å². The first-order valence-corrected chi connectivity index (χ1v) is 12.3. The first kappa shape index (κ1) is 24.1. The Hall–Kier alpha value is -3.64. The maximum atomic E-state index is 14.7. The zero-order valence-corrected chi connectivity index (χ0v) is 20.3. The molecule has 0 unspecified atom stereocenters. The molecule has 5 rings (SSSR count). The van der Waals surface area contributed by atoms with E-state index in [0.717, 1.165) is 48.3 Å². The van der Waals surface area contributed by atoms with Crippen molar-refractivity contribution in [1.29, 1.82) is 0 Å². The van der Waals surface area contributed by atoms with E-state index in [2.05, 4.69) is 4.90 Å². The molecule has 1 aliphatic rings. The van der Waals surface area contributed by atoms with Crippen molar-refractivity contribution in [3.63, 3.8) is 0 Å². The molecule has 0 aliphatic carbocycles. The van der Waals surface area contributed by atoms with Gasteiger partial charge in [-0.05, 0) is 98.0 Å². The van der Waals surface area contributed by atoms with Crippen LogP contribution in [-0.2, 0) is 0 Å². The molecule has 6 heteroatoms. The lowest BCUT2D eigenvalue weighted by molar-refractivity contribution is 0.183. The highest BCUT2D eigenvalue weighted by Gasteiger charge is 2.17. The number of benzene rings is 4. The van der Waals surface area contributed by atoms with Gasteiger partial charge in [0.1, 0.15) is 41.2 Å². The second kappa shape index (κ2) is 11.0. The second-order valence-electron chi connectivity index (χ2n) is 8.98. The van der Waals surface area contributed by atoms with Gasteiger partial charge in [-0.2, -0.15) is 0 Å². The number of hydrogen-bond donors (Lipinski definition) is 0. The first-order chi connectivity index (χ1) is 17.6. The molecule has 1 fully saturated rings. The molecule has 4 aromatic rings. The highest BCUT2D eigenvalue weighted by molar-refractivity contribution is 5.96. The highest BCUT2D eigenvalue weighted by atomic mass is 19.1. The third kappa shape index (κ3) is 5.44. The molecule has 0 N–H and O–H groups in total. The van der Waals surface area contributed by atoms with Crippen LogP contribution in [0.2, 0.25) is 0 Å². The summed E-state index contributed by atoms with van der Waals surface area (Å²) in [4.78, 5) is 2.43. The summed E-state index contributed by atoms with van der Waals surface area (Å²) in [6.07, 6.45) is 3.83. The lowest BCUT2D eigenvalue weighted by Crippen LogP contribution is -2.33. The lowest BCUT2D eigenvalue weighted by Gasteiger charge is -2.26. The largest absolute Gasteiger partial charge is 0.497 e. The zero-order chi connectivity index (χ0) is 24.9. The molecule has 4 nitrogen and oxygen atoms in total. The molecular weight excluding hydrogens is 460 g/mol. The van der Waals surface area contributed by atoms with Crippen LogP contribution in [-0.4, -0.2) is 38.3 Å². The second-order valence-corrected chi connectivity index (χ2v) is 8.98. The SMILES string of the molecule is COc1ccc2c(Oc3ccc(OCCN4CCCCC4)cc3)c(-c3cc(F)ccc3F)ccc2c1. The van der Waals surface area contributed by atoms with Crippen molar-refractivity contribution < 1.29 is 23.0 Å². The van der Waals surface area contributed by atoms with Gasteiger partial charge < -0.3 is 14.2 Å². The Labute approximate surface area is 210 Å². The number of piperidine rings is 1. The average Bonchev–Trinajstić information content (AvgIpc) is 2.91. The van der Waals surface area contributed by atoms with Gasteiger partial charge in [0, 0.05) is 23.1 Å². The van der Waals surface area contributed by atoms with Crippen molar-refractivity contribution >= 4 is 10.8 Å². The van der Waals surface area contributed by atoms with Crippen LogP contribution < -0.4 is 14.2 Å². The fourth-order valence-electron chi connectivity index (χ4n) is 4.63. The molecule has 0 aromatic heterocycles. The van der Waals surface area contributed by atoms with Crippen LogP contribution in [0.3, 0.4) is 0 Å². The standard InChI is InChI=1S/C30H29F2NO3/c1-34-25-11-13-26-21(19-25)5-12-27(28-20-22(31)6-14-29(28)32)30(26)36-24-9-7-23(8-10-24)35-18-17-33-15-3-2-4-16-33/h5-14,19-20H,2-4,15-18H2,1H3. The van der Waals surface area contributed by atoms with Crippen LogP contribution in [0.4, 0.5) is 8.78 Å². The van der Waals surface area contributed by atoms with Crippen molar-refractivity contribution in [2.24, 2.45) is 0 Å². The Morgan fingerprint density at radius 3 is 2.28 bits per heavy atom. The summed E-state index contributed by atoms with van der Waals surface area (Å²) >= 11 is 0. The van der Waals surface area contributed by atoms with Gasteiger partial charge in [0.2, 0.25) is 0 Å². The first-order valence-electron chi connectivity index (χ1n) is 12.3. The molecule has 0 radical (unpaired) electrons. The van der Waals surface area contributed by atoms with Crippen molar-refractivity contribution in [3.8, 4) is 34.1 Å². The summed E-state index contributed by atoms with van der Waals surface area (Å²) in [6, 6.07) is 20.0. The Bertz CT molecular complexity index is 1330. The summed E-state index contributed by atoms with van der Waals surface area (Å²) < 4.78 is 46.3. The number of nitrogens with zero attached hydrogens (tertiary/aromatic N) is 1. The van der Waals surface area contributed by atoms with Crippen LogP contribution in [0.25, 0.3) is 21.9 Å². The lowest BCUT2D eigenvalue weighted by atomic mass is 9.98. The molecule has 4 aromatic carbocycles. The fourth-order valence-corrected chi connectivity index (χ4v) is 4.63. The van der Waals surface area contributed by atoms with Gasteiger partial charge >= 0.3 is 0 Å². The van der Waals surface area contributed by atoms with Gasteiger partial charge in [0.05, 0.1) is 7.11 Å². The number of halogens is 2. The minimum Gasteiger partial charge on any atom is -0.497 e. The highest BCUT2D eigenvalue weighted by Crippen LogP contribution is 2.41. The molecule has 36 heavy (non-hydrogen) atoms. The minimum absolute atomic E-state index is 0.139. The normalized spacial score (nSPS) is 14.1. The van der Waals surface area contributed by atoms with Gasteiger partial charge in [-0.3, -0.25) is 4.90 Å². The van der Waals surface area contributed by atoms with Crippen LogP contribution in [0.15, 0.2) is 72.8 Å². The summed E-state index contributed by atoms with van der Waals surface area (Å²) in [5.74, 6) is 1.44. The van der Waals surface area contributed by atoms with Crippen LogP contribution >= 0.6 is 0 Å². The fraction of sp³-hybridized carbons (Fsp3) is 0.267. The van der Waals surface area contributed by atoms with Crippen molar-refractivity contribution in [2.75, 3.05) is 33.4 Å². The van der Waals surface area contributed by atoms with Gasteiger partial charge in [-0.1, -0.05) is 12.5 Å². The van der Waals surface area contributed by atoms with Crippen molar-refractivity contribution in [2.45, 2.75) is 19.3 Å². The van der Waals surface area contributed by atoms with Crippen LogP contribution in [0.5, 0.6) is 23.0 Å². The molecule has 0 bridgehead atoms. The van der Waals surface area contributed by atoms with E-state index in [4.69, 9.17) is 14.2 Å². The molecule has 0 atom stereocenters. The molecule has 1 aliphatic heterocycles. The molecule has 1 saturated heterocycles. The molecule has 186 valence electrons. The number of methoxy groups -OCH3 is 1. The van der Waals surface area contributed by atoms with Gasteiger partial charge in [0.15, 0.2) is 0 Å². The number of rotatable bonds is 8. The van der Waals surface area contributed by atoms with Crippen LogP contribution in [0, 0.1) is 11.6 Å². The average molecular weight is 490 g/mol. The van der Waals surface area contributed by atoms with Gasteiger partial charge in [0.25, 0.3) is 0 Å². The van der Waals surface area contributed by atoms with E-state index >= 15 is 0 Å². The Balaban J connectivity index is 1.41. The summed E-state index contributed by atoms with van der Waals surface area (Å²) in [5.41, 5.74) is 0.604. The predicted molar refractivity (Wildman–Crippen MR) is 138 cm³/mol. The number of fused-ring (bicyclic) bond motifs is 1. The topological polar surface area (TPSA) is 30.9 Å². The van der Waals surface area contributed by atoms with Gasteiger partial charge in [-0.15, -0.1) is 0 Å². The third-order valence-electron chi connectivity index (χ3n) is 6.56. The van der Waals surface area contributed by atoms with E-state index in [1.165, 1.54) is 25.3 Å². The van der Waals surface area contributed by atoms with E-state index < -0.39 is 11.6 Å². The van der Waals surface area contributed by atoms with Crippen LogP contribution in [0.1, 0.15) is 19.3 Å². The summed E-state index contributed by atoms with van der Waals surface area (Å²) in [7, 11) is 1.60. The molecular formula is C30H29F2NO3. The maximum absolute atomic E-state index is 14.7. The molecule has 0 spiro atoms. The molecule has 0 amide bonds. The Morgan fingerprint density at radius 2 is 1.50 bits per heavy atom. The zero-order valence-electron chi connectivity index (χ0n) is 20.3. The summed E-state index contributed by atoms with van der Waals surface area (Å²) in [6.45, 7) is 3.83. The maximum Gasteiger partial charge on any atom is 0.143 e. The van der Waals surface area contributed by atoms with E-state index in [9.17, 15) is 8.78 Å².